The van der Waals surface area contributed by atoms with Gasteiger partial charge in [0, 0.05) is 18.5 Å². The van der Waals surface area contributed by atoms with Crippen LogP contribution in [-0.2, 0) is 24.3 Å². The summed E-state index contributed by atoms with van der Waals surface area (Å²) in [4.78, 5) is 31.0. The minimum atomic E-state index is -4.81. The van der Waals surface area contributed by atoms with E-state index in [1.807, 2.05) is 0 Å². The lowest BCUT2D eigenvalue weighted by Gasteiger charge is -2.29. The van der Waals surface area contributed by atoms with E-state index in [1.165, 1.54) is 4.90 Å². The zero-order chi connectivity index (χ0) is 18.9. The van der Waals surface area contributed by atoms with Crippen LogP contribution >= 0.6 is 11.6 Å². The Labute approximate surface area is 155 Å². The van der Waals surface area contributed by atoms with Gasteiger partial charge in [-0.25, -0.2) is 10.3 Å². The summed E-state index contributed by atoms with van der Waals surface area (Å²) < 4.78 is 34.8. The maximum absolute atomic E-state index is 12.3. The van der Waals surface area contributed by atoms with E-state index in [0.29, 0.717) is 29.7 Å². The lowest BCUT2D eigenvalue weighted by atomic mass is 10.0. The SMILES string of the molecule is O=C(NOC[C@@H]1C[C@@H](CCl)CN1)C1CCC2CN1C(=O)N2OS(=O)(=O)O. The molecule has 3 aliphatic rings. The molecule has 3 aliphatic heterocycles. The number of hydrogen-bond acceptors (Lipinski definition) is 7. The van der Waals surface area contributed by atoms with E-state index in [-0.39, 0.29) is 19.2 Å². The number of hydrogen-bond donors (Lipinski definition) is 3. The van der Waals surface area contributed by atoms with Gasteiger partial charge in [0.2, 0.25) is 0 Å². The summed E-state index contributed by atoms with van der Waals surface area (Å²) in [5.41, 5.74) is 2.35. The van der Waals surface area contributed by atoms with Crippen LogP contribution in [0.1, 0.15) is 19.3 Å². The van der Waals surface area contributed by atoms with Crippen molar-refractivity contribution in [2.24, 2.45) is 5.92 Å². The largest absolute Gasteiger partial charge is 0.418 e. The number of rotatable bonds is 7. The maximum Gasteiger partial charge on any atom is 0.418 e. The Balaban J connectivity index is 1.49. The number of fused-ring (bicyclic) bond motifs is 2. The smallest absolute Gasteiger partial charge is 0.311 e. The summed E-state index contributed by atoms with van der Waals surface area (Å²) in [6.07, 6.45) is 1.54. The first-order valence-corrected chi connectivity index (χ1v) is 10.2. The average Bonchev–Trinajstić information content (AvgIpc) is 3.13. The van der Waals surface area contributed by atoms with E-state index < -0.39 is 34.4 Å². The summed E-state index contributed by atoms with van der Waals surface area (Å²) in [5.74, 6) is 0.461. The van der Waals surface area contributed by atoms with Crippen molar-refractivity contribution in [2.75, 3.05) is 25.6 Å². The third-order valence-corrected chi connectivity index (χ3v) is 5.57. The Morgan fingerprint density at radius 2 is 2.19 bits per heavy atom. The molecule has 0 aromatic rings. The molecule has 11 nitrogen and oxygen atoms in total. The predicted molar refractivity (Wildman–Crippen MR) is 88.1 cm³/mol. The van der Waals surface area contributed by atoms with Crippen molar-refractivity contribution in [3.8, 4) is 0 Å². The van der Waals surface area contributed by atoms with Crippen molar-refractivity contribution in [1.29, 1.82) is 0 Å². The second kappa shape index (κ2) is 7.82. The van der Waals surface area contributed by atoms with Crippen molar-refractivity contribution >= 4 is 33.9 Å². The Kier molecular flexibility index (Phi) is 5.89. The molecule has 148 valence electrons. The molecule has 4 atom stereocenters. The molecule has 2 unspecified atom stereocenters. The average molecular weight is 413 g/mol. The molecule has 3 fully saturated rings. The lowest BCUT2D eigenvalue weighted by Crippen LogP contribution is -2.50. The van der Waals surface area contributed by atoms with Crippen molar-refractivity contribution in [1.82, 2.24) is 20.8 Å². The standard InChI is InChI=1S/C13H21ClN4O7S/c14-4-8-3-9(15-5-8)7-24-16-12(19)11-2-1-10-6-17(11)13(20)18(10)25-26(21,22)23/h8-11,15H,1-7H2,(H,16,19)(H,21,22,23)/t8-,9-,10?,11?/m0/s1. The van der Waals surface area contributed by atoms with Gasteiger partial charge in [0.25, 0.3) is 5.91 Å². The number of urea groups is 1. The number of nitrogens with one attached hydrogen (secondary N) is 2. The molecule has 3 rings (SSSR count). The molecule has 0 saturated carbocycles. The second-order valence-corrected chi connectivity index (χ2v) is 7.96. The molecular weight excluding hydrogens is 392 g/mol. The monoisotopic (exact) mass is 412 g/mol. The van der Waals surface area contributed by atoms with E-state index in [2.05, 4.69) is 15.1 Å². The van der Waals surface area contributed by atoms with Crippen LogP contribution in [0, 0.1) is 5.92 Å². The van der Waals surface area contributed by atoms with Crippen LogP contribution in [0.5, 0.6) is 0 Å². The molecule has 0 radical (unpaired) electrons. The summed E-state index contributed by atoms with van der Waals surface area (Å²) in [7, 11) is -4.81. The Bertz CT molecular complexity index is 663. The van der Waals surface area contributed by atoms with Crippen LogP contribution < -0.4 is 10.8 Å². The number of alkyl halides is 1. The highest BCUT2D eigenvalue weighted by atomic mass is 35.5. The number of halogens is 1. The number of hydroxylamine groups is 3. The fraction of sp³-hybridized carbons (Fsp3) is 0.846. The van der Waals surface area contributed by atoms with E-state index in [4.69, 9.17) is 21.0 Å². The van der Waals surface area contributed by atoms with Crippen molar-refractivity contribution in [3.63, 3.8) is 0 Å². The zero-order valence-corrected chi connectivity index (χ0v) is 15.4. The van der Waals surface area contributed by atoms with E-state index in [0.717, 1.165) is 13.0 Å². The predicted octanol–water partition coefficient (Wildman–Crippen LogP) is -0.746. The highest BCUT2D eigenvalue weighted by Crippen LogP contribution is 2.30. The number of nitrogens with zero attached hydrogens (tertiary/aromatic N) is 2. The molecule has 13 heteroatoms. The van der Waals surface area contributed by atoms with E-state index in [9.17, 15) is 18.0 Å². The summed E-state index contributed by atoms with van der Waals surface area (Å²) in [5, 5.41) is 3.84. The molecular formula is C13H21ClN4O7S. The van der Waals surface area contributed by atoms with Gasteiger partial charge in [0.15, 0.2) is 0 Å². The molecule has 0 aliphatic carbocycles. The Morgan fingerprint density at radius 1 is 1.42 bits per heavy atom. The third-order valence-electron chi connectivity index (χ3n) is 4.79. The first-order chi connectivity index (χ1) is 12.3. The van der Waals surface area contributed by atoms with Gasteiger partial charge >= 0.3 is 16.4 Å². The number of carbonyl (C=O) groups excluding carboxylic acids is 2. The normalized spacial score (nSPS) is 31.5. The second-order valence-electron chi connectivity index (χ2n) is 6.65. The van der Waals surface area contributed by atoms with Crippen LogP contribution in [0.25, 0.3) is 0 Å². The van der Waals surface area contributed by atoms with Gasteiger partial charge in [-0.1, -0.05) is 0 Å². The quantitative estimate of drug-likeness (QED) is 0.282. The molecule has 3 amide bonds. The molecule has 3 saturated heterocycles. The van der Waals surface area contributed by atoms with Gasteiger partial charge in [0.1, 0.15) is 6.04 Å². The highest BCUT2D eigenvalue weighted by molar-refractivity contribution is 7.80. The van der Waals surface area contributed by atoms with Crippen molar-refractivity contribution in [3.05, 3.63) is 0 Å². The molecule has 3 heterocycles. The fourth-order valence-corrected chi connectivity index (χ4v) is 4.16. The van der Waals surface area contributed by atoms with Crippen molar-refractivity contribution < 1.29 is 31.7 Å². The summed E-state index contributed by atoms with van der Waals surface area (Å²) in [6.45, 7) is 1.22. The van der Waals surface area contributed by atoms with Crippen LogP contribution in [0.2, 0.25) is 0 Å². The first-order valence-electron chi connectivity index (χ1n) is 8.26. The van der Waals surface area contributed by atoms with Gasteiger partial charge in [0.05, 0.1) is 12.6 Å². The number of amides is 3. The minimum absolute atomic E-state index is 0.0989. The lowest BCUT2D eigenvalue weighted by molar-refractivity contribution is -0.139. The number of piperidine rings is 1. The van der Waals surface area contributed by atoms with Crippen LogP contribution in [0.3, 0.4) is 0 Å². The van der Waals surface area contributed by atoms with Gasteiger partial charge in [-0.15, -0.1) is 15.9 Å². The zero-order valence-electron chi connectivity index (χ0n) is 13.8. The van der Waals surface area contributed by atoms with Gasteiger partial charge < -0.3 is 10.2 Å². The van der Waals surface area contributed by atoms with Gasteiger partial charge in [-0.05, 0) is 31.7 Å². The fourth-order valence-electron chi connectivity index (χ4n) is 3.53. The number of carbonyl (C=O) groups is 2. The Hall–Kier alpha value is -1.18. The summed E-state index contributed by atoms with van der Waals surface area (Å²) in [6, 6.07) is -2.01. The van der Waals surface area contributed by atoms with Gasteiger partial charge in [-0.2, -0.15) is 13.5 Å². The van der Waals surface area contributed by atoms with Crippen LogP contribution in [-0.4, -0.2) is 78.6 Å². The van der Waals surface area contributed by atoms with Gasteiger partial charge in [-0.3, -0.25) is 14.2 Å². The first kappa shape index (κ1) is 19.6. The molecule has 2 bridgehead atoms. The summed E-state index contributed by atoms with van der Waals surface area (Å²) >= 11 is 5.81. The maximum atomic E-state index is 12.3. The topological polar surface area (TPSA) is 138 Å². The van der Waals surface area contributed by atoms with Crippen LogP contribution in [0.4, 0.5) is 4.79 Å². The minimum Gasteiger partial charge on any atom is -0.311 e. The van der Waals surface area contributed by atoms with E-state index in [1.54, 1.807) is 0 Å². The van der Waals surface area contributed by atoms with Crippen molar-refractivity contribution in [2.45, 2.75) is 37.4 Å². The molecule has 26 heavy (non-hydrogen) atoms. The molecule has 3 N–H and O–H groups in total. The van der Waals surface area contributed by atoms with Crippen LogP contribution in [0.15, 0.2) is 0 Å². The molecule has 0 aromatic carbocycles. The molecule has 0 spiro atoms. The Morgan fingerprint density at radius 3 is 2.85 bits per heavy atom. The van der Waals surface area contributed by atoms with E-state index >= 15 is 0 Å². The molecule has 0 aromatic heterocycles. The highest BCUT2D eigenvalue weighted by Gasteiger charge is 2.49. The third kappa shape index (κ3) is 4.38.